The molecule has 5 nitrogen and oxygen atoms in total. The maximum Gasteiger partial charge on any atom is 0.319 e. The van der Waals surface area contributed by atoms with Crippen LogP contribution in [0.3, 0.4) is 0 Å². The van der Waals surface area contributed by atoms with Crippen LogP contribution in [0.1, 0.15) is 29.5 Å². The van der Waals surface area contributed by atoms with Gasteiger partial charge in [0.05, 0.1) is 5.69 Å². The van der Waals surface area contributed by atoms with E-state index in [0.29, 0.717) is 12.2 Å². The summed E-state index contributed by atoms with van der Waals surface area (Å²) in [5.74, 6) is 0.936. The SMILES string of the molecule is C#Cc1cc(F)c(NC(=O)N[C@@H](C)Cc2c(C)noc2C)c(F)c1. The second-order valence-corrected chi connectivity index (χ2v) is 5.47. The summed E-state index contributed by atoms with van der Waals surface area (Å²) in [6, 6.07) is 0.941. The summed E-state index contributed by atoms with van der Waals surface area (Å²) in [5, 5.41) is 8.61. The molecule has 0 bridgehead atoms. The monoisotopic (exact) mass is 333 g/mol. The highest BCUT2D eigenvalue weighted by Crippen LogP contribution is 2.20. The van der Waals surface area contributed by atoms with Crippen LogP contribution in [0.5, 0.6) is 0 Å². The summed E-state index contributed by atoms with van der Waals surface area (Å²) < 4.78 is 32.7. The lowest BCUT2D eigenvalue weighted by Crippen LogP contribution is -2.37. The Labute approximate surface area is 138 Å². The van der Waals surface area contributed by atoms with Gasteiger partial charge < -0.3 is 15.2 Å². The van der Waals surface area contributed by atoms with Gasteiger partial charge in [0, 0.05) is 17.2 Å². The molecule has 2 N–H and O–H groups in total. The zero-order valence-corrected chi connectivity index (χ0v) is 13.5. The molecule has 24 heavy (non-hydrogen) atoms. The Morgan fingerprint density at radius 2 is 2.00 bits per heavy atom. The minimum Gasteiger partial charge on any atom is -0.361 e. The van der Waals surface area contributed by atoms with Gasteiger partial charge in [-0.25, -0.2) is 13.6 Å². The van der Waals surface area contributed by atoms with Crippen LogP contribution in [-0.4, -0.2) is 17.2 Å². The lowest BCUT2D eigenvalue weighted by Gasteiger charge is -2.15. The molecular formula is C17H17F2N3O2. The highest BCUT2D eigenvalue weighted by atomic mass is 19.1. The number of nitrogens with zero attached hydrogens (tertiary/aromatic N) is 1. The van der Waals surface area contributed by atoms with Crippen LogP contribution in [0, 0.1) is 37.8 Å². The number of urea groups is 1. The Morgan fingerprint density at radius 1 is 1.38 bits per heavy atom. The van der Waals surface area contributed by atoms with E-state index in [9.17, 15) is 13.6 Å². The molecule has 0 saturated heterocycles. The molecule has 0 unspecified atom stereocenters. The maximum absolute atomic E-state index is 13.8. The number of nitrogens with one attached hydrogen (secondary N) is 2. The zero-order valence-electron chi connectivity index (χ0n) is 13.5. The molecule has 0 radical (unpaired) electrons. The molecule has 0 aliphatic heterocycles. The van der Waals surface area contributed by atoms with E-state index in [4.69, 9.17) is 10.9 Å². The number of hydrogen-bond donors (Lipinski definition) is 2. The van der Waals surface area contributed by atoms with E-state index in [1.807, 2.05) is 0 Å². The number of terminal acetylenes is 1. The van der Waals surface area contributed by atoms with Gasteiger partial charge in [-0.15, -0.1) is 6.42 Å². The molecule has 0 aliphatic carbocycles. The molecule has 0 fully saturated rings. The van der Waals surface area contributed by atoms with Crippen molar-refractivity contribution in [3.63, 3.8) is 0 Å². The van der Waals surface area contributed by atoms with E-state index < -0.39 is 23.4 Å². The molecule has 0 spiro atoms. The van der Waals surface area contributed by atoms with Crippen LogP contribution in [0.2, 0.25) is 0 Å². The van der Waals surface area contributed by atoms with Crippen molar-refractivity contribution in [1.29, 1.82) is 0 Å². The van der Waals surface area contributed by atoms with E-state index in [1.165, 1.54) is 0 Å². The average Bonchev–Trinajstić information content (AvgIpc) is 2.82. The molecule has 0 saturated carbocycles. The summed E-state index contributed by atoms with van der Waals surface area (Å²) in [4.78, 5) is 11.9. The molecular weight excluding hydrogens is 316 g/mol. The van der Waals surface area contributed by atoms with Gasteiger partial charge >= 0.3 is 6.03 Å². The number of amides is 2. The first kappa shape index (κ1) is 17.5. The summed E-state index contributed by atoms with van der Waals surface area (Å²) in [6.07, 6.45) is 5.58. The topological polar surface area (TPSA) is 67.2 Å². The van der Waals surface area contributed by atoms with Crippen LogP contribution in [0.15, 0.2) is 16.7 Å². The largest absolute Gasteiger partial charge is 0.361 e. The van der Waals surface area contributed by atoms with Gasteiger partial charge in [-0.05, 0) is 39.3 Å². The Morgan fingerprint density at radius 3 is 2.50 bits per heavy atom. The van der Waals surface area contributed by atoms with Gasteiger partial charge in [0.1, 0.15) is 11.4 Å². The van der Waals surface area contributed by atoms with E-state index >= 15 is 0 Å². The molecule has 2 aromatic rings. The second kappa shape index (κ2) is 7.13. The van der Waals surface area contributed by atoms with Crippen molar-refractivity contribution in [2.75, 3.05) is 5.32 Å². The second-order valence-electron chi connectivity index (χ2n) is 5.47. The van der Waals surface area contributed by atoms with Crippen molar-refractivity contribution in [3.05, 3.63) is 46.3 Å². The number of carbonyl (C=O) groups excluding carboxylic acids is 1. The lowest BCUT2D eigenvalue weighted by atomic mass is 10.1. The predicted molar refractivity (Wildman–Crippen MR) is 85.6 cm³/mol. The third-order valence-electron chi connectivity index (χ3n) is 3.52. The van der Waals surface area contributed by atoms with Gasteiger partial charge in [0.25, 0.3) is 0 Å². The van der Waals surface area contributed by atoms with E-state index in [0.717, 1.165) is 23.4 Å². The fourth-order valence-corrected chi connectivity index (χ4v) is 2.30. The smallest absolute Gasteiger partial charge is 0.319 e. The van der Waals surface area contributed by atoms with Gasteiger partial charge in [-0.1, -0.05) is 11.1 Å². The Kier molecular flexibility index (Phi) is 5.19. The summed E-state index contributed by atoms with van der Waals surface area (Å²) >= 11 is 0. The Bertz CT molecular complexity index is 766. The molecule has 1 aromatic carbocycles. The summed E-state index contributed by atoms with van der Waals surface area (Å²) in [7, 11) is 0. The fraction of sp³-hybridized carbons (Fsp3) is 0.294. The highest BCUT2D eigenvalue weighted by Gasteiger charge is 2.17. The van der Waals surface area contributed by atoms with Gasteiger partial charge in [-0.2, -0.15) is 0 Å². The van der Waals surface area contributed by atoms with Gasteiger partial charge in [-0.3, -0.25) is 0 Å². The van der Waals surface area contributed by atoms with Crippen molar-refractivity contribution in [2.24, 2.45) is 0 Å². The Hall–Kier alpha value is -2.88. The van der Waals surface area contributed by atoms with Crippen LogP contribution in [0.4, 0.5) is 19.3 Å². The standard InChI is InChI=1S/C17H17F2N3O2/c1-5-12-7-14(18)16(15(19)8-12)21-17(23)20-9(2)6-13-10(3)22-24-11(13)4/h1,7-9H,6H2,2-4H3,(H2,20,21,23)/t9-/m0/s1. The quantitative estimate of drug-likeness (QED) is 0.844. The number of halogens is 2. The van der Waals surface area contributed by atoms with E-state index in [1.54, 1.807) is 20.8 Å². The number of benzene rings is 1. The zero-order chi connectivity index (χ0) is 17.9. The number of anilines is 1. The number of aryl methyl sites for hydroxylation is 2. The fourth-order valence-electron chi connectivity index (χ4n) is 2.30. The number of hydrogen-bond acceptors (Lipinski definition) is 3. The van der Waals surface area contributed by atoms with Gasteiger partial charge in [0.15, 0.2) is 11.6 Å². The first-order valence-corrected chi connectivity index (χ1v) is 7.26. The van der Waals surface area contributed by atoms with Crippen LogP contribution < -0.4 is 10.6 Å². The predicted octanol–water partition coefficient (Wildman–Crippen LogP) is 3.30. The van der Waals surface area contributed by atoms with Crippen molar-refractivity contribution < 1.29 is 18.1 Å². The van der Waals surface area contributed by atoms with Gasteiger partial charge in [0.2, 0.25) is 0 Å². The third-order valence-corrected chi connectivity index (χ3v) is 3.52. The molecule has 2 amide bonds. The lowest BCUT2D eigenvalue weighted by molar-refractivity contribution is 0.249. The van der Waals surface area contributed by atoms with Crippen molar-refractivity contribution in [1.82, 2.24) is 10.5 Å². The minimum atomic E-state index is -0.934. The van der Waals surface area contributed by atoms with Crippen LogP contribution >= 0.6 is 0 Å². The number of aromatic nitrogens is 1. The molecule has 0 aliphatic rings. The first-order chi connectivity index (χ1) is 11.3. The highest BCUT2D eigenvalue weighted by molar-refractivity contribution is 5.89. The molecule has 1 heterocycles. The maximum atomic E-state index is 13.8. The van der Waals surface area contributed by atoms with E-state index in [2.05, 4.69) is 21.7 Å². The molecule has 1 aromatic heterocycles. The summed E-state index contributed by atoms with van der Waals surface area (Å²) in [6.45, 7) is 5.34. The third kappa shape index (κ3) is 3.90. The average molecular weight is 333 g/mol. The molecule has 2 rings (SSSR count). The molecule has 1 atom stereocenters. The normalized spacial score (nSPS) is 11.7. The minimum absolute atomic E-state index is 0.0581. The first-order valence-electron chi connectivity index (χ1n) is 7.26. The van der Waals surface area contributed by atoms with E-state index in [-0.39, 0.29) is 11.6 Å². The summed E-state index contributed by atoms with van der Waals surface area (Å²) in [5.41, 5.74) is 1.14. The van der Waals surface area contributed by atoms with Crippen LogP contribution in [0.25, 0.3) is 0 Å². The van der Waals surface area contributed by atoms with Crippen molar-refractivity contribution in [3.8, 4) is 12.3 Å². The van der Waals surface area contributed by atoms with Crippen molar-refractivity contribution >= 4 is 11.7 Å². The van der Waals surface area contributed by atoms with Crippen LogP contribution in [-0.2, 0) is 6.42 Å². The Balaban J connectivity index is 2.02. The molecule has 7 heteroatoms. The number of carbonyl (C=O) groups is 1. The van der Waals surface area contributed by atoms with Crippen molar-refractivity contribution in [2.45, 2.75) is 33.2 Å². The number of rotatable bonds is 4. The molecule has 126 valence electrons.